The molecule has 0 amide bonds. The molecular weight excluding hydrogens is 392 g/mol. The molecule has 11 heteroatoms. The Balaban J connectivity index is 2.07. The summed E-state index contributed by atoms with van der Waals surface area (Å²) in [6.07, 6.45) is 2.57. The van der Waals surface area contributed by atoms with Crippen LogP contribution in [-0.4, -0.2) is 34.9 Å². The molecule has 2 aromatic heterocycles. The number of nitrogen functional groups attached to an aromatic ring is 1. The second-order valence-electron chi connectivity index (χ2n) is 6.54. The molecule has 0 saturated carbocycles. The van der Waals surface area contributed by atoms with Crippen molar-refractivity contribution in [2.45, 2.75) is 24.3 Å². The third-order valence-electron chi connectivity index (χ3n) is 4.17. The molecule has 0 aliphatic rings. The van der Waals surface area contributed by atoms with E-state index in [0.29, 0.717) is 21.5 Å². The van der Waals surface area contributed by atoms with Crippen molar-refractivity contribution in [2.24, 2.45) is 0 Å². The van der Waals surface area contributed by atoms with E-state index in [1.807, 2.05) is 6.07 Å². The minimum absolute atomic E-state index is 0.101. The number of aromatic amines is 1. The van der Waals surface area contributed by atoms with Crippen LogP contribution in [0.4, 0.5) is 11.5 Å². The lowest BCUT2D eigenvalue weighted by atomic mass is 10.1. The SMILES string of the molecule is CC(C)(CO)n1ncc(S(=O)(=O)Nc2ccc(Cl)c3c(C#N)c[nH]c23)c1N. The molecule has 142 valence electrons. The summed E-state index contributed by atoms with van der Waals surface area (Å²) in [6.45, 7) is 3.07. The maximum absolute atomic E-state index is 12.8. The highest BCUT2D eigenvalue weighted by atomic mass is 35.5. The number of benzene rings is 1. The number of nitrogens with one attached hydrogen (secondary N) is 2. The molecule has 0 spiro atoms. The molecular formula is C16H17ClN6O3S. The highest BCUT2D eigenvalue weighted by molar-refractivity contribution is 7.92. The highest BCUT2D eigenvalue weighted by Gasteiger charge is 2.29. The van der Waals surface area contributed by atoms with Crippen molar-refractivity contribution in [1.82, 2.24) is 14.8 Å². The Bertz CT molecular complexity index is 1170. The number of nitriles is 1. The molecule has 0 bridgehead atoms. The van der Waals surface area contributed by atoms with Crippen LogP contribution >= 0.6 is 11.6 Å². The van der Waals surface area contributed by atoms with Crippen LogP contribution in [0.3, 0.4) is 0 Å². The molecule has 1 aromatic carbocycles. The number of aliphatic hydroxyl groups excluding tert-OH is 1. The number of hydrogen-bond acceptors (Lipinski definition) is 6. The fourth-order valence-corrected chi connectivity index (χ4v) is 4.06. The Morgan fingerprint density at radius 3 is 2.81 bits per heavy atom. The molecule has 5 N–H and O–H groups in total. The van der Waals surface area contributed by atoms with E-state index in [9.17, 15) is 18.8 Å². The van der Waals surface area contributed by atoms with Crippen LogP contribution in [0.1, 0.15) is 19.4 Å². The molecule has 0 unspecified atom stereocenters. The van der Waals surface area contributed by atoms with Gasteiger partial charge in [0, 0.05) is 11.6 Å². The number of rotatable bonds is 5. The van der Waals surface area contributed by atoms with Crippen molar-refractivity contribution >= 4 is 44.0 Å². The Kier molecular flexibility index (Phi) is 4.55. The van der Waals surface area contributed by atoms with Crippen LogP contribution < -0.4 is 10.5 Å². The van der Waals surface area contributed by atoms with Crippen molar-refractivity contribution in [3.8, 4) is 6.07 Å². The molecule has 2 heterocycles. The van der Waals surface area contributed by atoms with Crippen molar-refractivity contribution in [3.63, 3.8) is 0 Å². The van der Waals surface area contributed by atoms with Gasteiger partial charge in [0.15, 0.2) is 0 Å². The van der Waals surface area contributed by atoms with Crippen molar-refractivity contribution < 1.29 is 13.5 Å². The van der Waals surface area contributed by atoms with Crippen LogP contribution in [0.25, 0.3) is 10.9 Å². The minimum Gasteiger partial charge on any atom is -0.394 e. The molecule has 27 heavy (non-hydrogen) atoms. The largest absolute Gasteiger partial charge is 0.394 e. The Morgan fingerprint density at radius 2 is 2.19 bits per heavy atom. The van der Waals surface area contributed by atoms with Crippen LogP contribution in [0, 0.1) is 11.3 Å². The van der Waals surface area contributed by atoms with Gasteiger partial charge in [-0.25, -0.2) is 13.1 Å². The molecule has 0 saturated heterocycles. The van der Waals surface area contributed by atoms with Crippen LogP contribution in [0.2, 0.25) is 5.02 Å². The smallest absolute Gasteiger partial charge is 0.267 e. The van der Waals surface area contributed by atoms with Gasteiger partial charge in [-0.05, 0) is 26.0 Å². The van der Waals surface area contributed by atoms with Crippen LogP contribution in [0.5, 0.6) is 0 Å². The monoisotopic (exact) mass is 408 g/mol. The fraction of sp³-hybridized carbons (Fsp3) is 0.250. The van der Waals surface area contributed by atoms with Gasteiger partial charge in [0.2, 0.25) is 0 Å². The van der Waals surface area contributed by atoms with E-state index in [0.717, 1.165) is 6.20 Å². The highest BCUT2D eigenvalue weighted by Crippen LogP contribution is 2.33. The van der Waals surface area contributed by atoms with Gasteiger partial charge in [-0.3, -0.25) is 4.72 Å². The molecule has 0 aliphatic heterocycles. The van der Waals surface area contributed by atoms with Crippen LogP contribution in [0.15, 0.2) is 29.4 Å². The zero-order chi connectivity index (χ0) is 20.0. The summed E-state index contributed by atoms with van der Waals surface area (Å²) in [5, 5.41) is 23.4. The quantitative estimate of drug-likeness (QED) is 0.507. The van der Waals surface area contributed by atoms with Gasteiger partial charge in [0.25, 0.3) is 10.0 Å². The molecule has 0 fully saturated rings. The molecule has 3 rings (SSSR count). The Hall–Kier alpha value is -2.74. The van der Waals surface area contributed by atoms with E-state index in [-0.39, 0.29) is 23.0 Å². The summed E-state index contributed by atoms with van der Waals surface area (Å²) in [5.41, 5.74) is 5.99. The zero-order valence-corrected chi connectivity index (χ0v) is 16.1. The van der Waals surface area contributed by atoms with Crippen molar-refractivity contribution in [3.05, 3.63) is 35.1 Å². The molecule has 3 aromatic rings. The van der Waals surface area contributed by atoms with Gasteiger partial charge >= 0.3 is 0 Å². The summed E-state index contributed by atoms with van der Waals surface area (Å²) < 4.78 is 29.4. The first-order valence-electron chi connectivity index (χ1n) is 7.79. The summed E-state index contributed by atoms with van der Waals surface area (Å²) >= 11 is 6.13. The van der Waals surface area contributed by atoms with E-state index < -0.39 is 15.6 Å². The molecule has 9 nitrogen and oxygen atoms in total. The lowest BCUT2D eigenvalue weighted by Gasteiger charge is -2.23. The third kappa shape index (κ3) is 3.10. The number of H-pyrrole nitrogens is 1. The third-order valence-corrected chi connectivity index (χ3v) is 5.87. The normalized spacial score (nSPS) is 12.3. The summed E-state index contributed by atoms with van der Waals surface area (Å²) in [7, 11) is -4.08. The van der Waals surface area contributed by atoms with E-state index in [4.69, 9.17) is 17.3 Å². The van der Waals surface area contributed by atoms with E-state index >= 15 is 0 Å². The topological polar surface area (TPSA) is 150 Å². The Labute approximate surface area is 160 Å². The number of aromatic nitrogens is 3. The zero-order valence-electron chi connectivity index (χ0n) is 14.5. The van der Waals surface area contributed by atoms with Crippen molar-refractivity contribution in [1.29, 1.82) is 5.26 Å². The first kappa shape index (κ1) is 19.0. The average molecular weight is 409 g/mol. The fourth-order valence-electron chi connectivity index (χ4n) is 2.68. The number of halogens is 1. The van der Waals surface area contributed by atoms with E-state index in [2.05, 4.69) is 14.8 Å². The number of sulfonamides is 1. The maximum Gasteiger partial charge on any atom is 0.267 e. The number of hydrogen-bond donors (Lipinski definition) is 4. The average Bonchev–Trinajstić information content (AvgIpc) is 3.22. The van der Waals surface area contributed by atoms with Crippen LogP contribution in [-0.2, 0) is 15.6 Å². The number of nitrogens with zero attached hydrogens (tertiary/aromatic N) is 3. The summed E-state index contributed by atoms with van der Waals surface area (Å²) in [5.74, 6) is -0.101. The predicted molar refractivity (Wildman–Crippen MR) is 102 cm³/mol. The molecule has 0 atom stereocenters. The van der Waals surface area contributed by atoms with Gasteiger partial charge in [0.1, 0.15) is 16.8 Å². The second-order valence-corrected chi connectivity index (χ2v) is 8.60. The molecule has 0 aliphatic carbocycles. The van der Waals surface area contributed by atoms with Gasteiger partial charge in [-0.2, -0.15) is 10.4 Å². The maximum atomic E-state index is 12.8. The lowest BCUT2D eigenvalue weighted by molar-refractivity contribution is 0.154. The van der Waals surface area contributed by atoms with E-state index in [1.54, 1.807) is 13.8 Å². The van der Waals surface area contributed by atoms with Gasteiger partial charge < -0.3 is 15.8 Å². The summed E-state index contributed by atoms with van der Waals surface area (Å²) in [4.78, 5) is 2.63. The second kappa shape index (κ2) is 6.45. The number of fused-ring (bicyclic) bond motifs is 1. The molecule has 0 radical (unpaired) electrons. The van der Waals surface area contributed by atoms with Gasteiger partial charge in [0.05, 0.1) is 40.1 Å². The minimum atomic E-state index is -4.08. The first-order valence-corrected chi connectivity index (χ1v) is 9.66. The van der Waals surface area contributed by atoms with E-state index in [1.165, 1.54) is 23.0 Å². The predicted octanol–water partition coefficient (Wildman–Crippen LogP) is 2.00. The standard InChI is InChI=1S/C16H17ClN6O3S/c1-16(2,8-24)23-15(19)12(7-21-23)27(25,26)22-11-4-3-10(17)13-9(5-18)6-20-14(11)13/h3-4,6-7,20,22,24H,8,19H2,1-2H3. The Morgan fingerprint density at radius 1 is 1.48 bits per heavy atom. The number of anilines is 2. The lowest BCUT2D eigenvalue weighted by Crippen LogP contribution is -2.32. The summed E-state index contributed by atoms with van der Waals surface area (Å²) in [6, 6.07) is 4.98. The number of nitrogens with two attached hydrogens (primary N) is 1. The van der Waals surface area contributed by atoms with Crippen molar-refractivity contribution in [2.75, 3.05) is 17.1 Å². The first-order chi connectivity index (χ1) is 12.6. The number of aliphatic hydroxyl groups is 1. The van der Waals surface area contributed by atoms with Gasteiger partial charge in [-0.15, -0.1) is 0 Å². The van der Waals surface area contributed by atoms with Gasteiger partial charge in [-0.1, -0.05) is 11.6 Å².